The first kappa shape index (κ1) is 21.2. The Bertz CT molecular complexity index is 1310. The number of hydrogen-bond donors (Lipinski definition) is 1. The molecule has 1 aliphatic heterocycles. The van der Waals surface area contributed by atoms with Gasteiger partial charge < -0.3 is 14.3 Å². The SMILES string of the molecule is Cc1ccc(NC(=O)c2ccc(CN3CCn4cccc4C3c3ccccc3F)o2)cc1C. The summed E-state index contributed by atoms with van der Waals surface area (Å²) in [7, 11) is 0. The lowest BCUT2D eigenvalue weighted by Crippen LogP contribution is -2.38. The summed E-state index contributed by atoms with van der Waals surface area (Å²) >= 11 is 0. The minimum atomic E-state index is -0.289. The van der Waals surface area contributed by atoms with Crippen LogP contribution < -0.4 is 5.32 Å². The van der Waals surface area contributed by atoms with Crippen LogP contribution in [0.3, 0.4) is 0 Å². The molecule has 33 heavy (non-hydrogen) atoms. The van der Waals surface area contributed by atoms with E-state index in [1.165, 1.54) is 11.6 Å². The highest BCUT2D eigenvalue weighted by molar-refractivity contribution is 6.02. The van der Waals surface area contributed by atoms with Gasteiger partial charge in [-0.3, -0.25) is 9.69 Å². The number of carbonyl (C=O) groups is 1. The Kier molecular flexibility index (Phi) is 5.60. The van der Waals surface area contributed by atoms with Crippen LogP contribution in [0.2, 0.25) is 0 Å². The molecule has 1 atom stereocenters. The van der Waals surface area contributed by atoms with Gasteiger partial charge in [-0.05, 0) is 67.4 Å². The molecule has 0 spiro atoms. The van der Waals surface area contributed by atoms with Crippen molar-refractivity contribution in [1.82, 2.24) is 9.47 Å². The first-order valence-electron chi connectivity index (χ1n) is 11.1. The number of aromatic nitrogens is 1. The molecule has 6 heteroatoms. The minimum Gasteiger partial charge on any atom is -0.455 e. The van der Waals surface area contributed by atoms with E-state index in [1.54, 1.807) is 12.1 Å². The van der Waals surface area contributed by atoms with Gasteiger partial charge in [0, 0.05) is 36.2 Å². The molecule has 2 aromatic carbocycles. The van der Waals surface area contributed by atoms with Gasteiger partial charge in [0.25, 0.3) is 5.91 Å². The second-order valence-corrected chi connectivity index (χ2v) is 8.54. The van der Waals surface area contributed by atoms with Crippen LogP contribution in [0.5, 0.6) is 0 Å². The molecule has 0 saturated heterocycles. The summed E-state index contributed by atoms with van der Waals surface area (Å²) in [6, 6.07) is 20.0. The lowest BCUT2D eigenvalue weighted by Gasteiger charge is -2.37. The third kappa shape index (κ3) is 4.22. The van der Waals surface area contributed by atoms with Crippen LogP contribution in [0.25, 0.3) is 0 Å². The van der Waals surface area contributed by atoms with Gasteiger partial charge in [0.1, 0.15) is 11.6 Å². The van der Waals surface area contributed by atoms with E-state index in [-0.39, 0.29) is 23.5 Å². The molecule has 5 rings (SSSR count). The van der Waals surface area contributed by atoms with Crippen molar-refractivity contribution in [2.45, 2.75) is 33.0 Å². The number of halogens is 1. The quantitative estimate of drug-likeness (QED) is 0.431. The smallest absolute Gasteiger partial charge is 0.291 e. The lowest BCUT2D eigenvalue weighted by atomic mass is 9.99. The van der Waals surface area contributed by atoms with E-state index in [0.717, 1.165) is 30.0 Å². The van der Waals surface area contributed by atoms with Crippen molar-refractivity contribution in [2.24, 2.45) is 0 Å². The molecule has 2 aromatic heterocycles. The zero-order chi connectivity index (χ0) is 22.9. The Hall–Kier alpha value is -3.64. The number of benzene rings is 2. The maximum absolute atomic E-state index is 14.7. The van der Waals surface area contributed by atoms with E-state index in [9.17, 15) is 9.18 Å². The molecular weight excluding hydrogens is 417 g/mol. The molecule has 1 amide bonds. The van der Waals surface area contributed by atoms with Crippen LogP contribution in [0, 0.1) is 19.7 Å². The molecule has 1 aliphatic rings. The van der Waals surface area contributed by atoms with Crippen molar-refractivity contribution in [2.75, 3.05) is 11.9 Å². The maximum Gasteiger partial charge on any atom is 0.291 e. The summed E-state index contributed by atoms with van der Waals surface area (Å²) in [6.45, 7) is 6.07. The van der Waals surface area contributed by atoms with Gasteiger partial charge in [0.15, 0.2) is 5.76 Å². The number of nitrogens with one attached hydrogen (secondary N) is 1. The number of rotatable bonds is 5. The van der Waals surface area contributed by atoms with Gasteiger partial charge in [-0.25, -0.2) is 4.39 Å². The average molecular weight is 444 g/mol. The molecule has 168 valence electrons. The van der Waals surface area contributed by atoms with Crippen LogP contribution in [-0.4, -0.2) is 21.9 Å². The molecular formula is C27H26FN3O2. The van der Waals surface area contributed by atoms with E-state index < -0.39 is 0 Å². The van der Waals surface area contributed by atoms with E-state index in [4.69, 9.17) is 4.42 Å². The maximum atomic E-state index is 14.7. The van der Waals surface area contributed by atoms with Crippen LogP contribution >= 0.6 is 0 Å². The second-order valence-electron chi connectivity index (χ2n) is 8.54. The van der Waals surface area contributed by atoms with E-state index in [1.807, 2.05) is 68.6 Å². The monoisotopic (exact) mass is 443 g/mol. The van der Waals surface area contributed by atoms with Crippen LogP contribution in [0.1, 0.15) is 44.7 Å². The van der Waals surface area contributed by atoms with Crippen molar-refractivity contribution >= 4 is 11.6 Å². The third-order valence-electron chi connectivity index (χ3n) is 6.35. The fourth-order valence-electron chi connectivity index (χ4n) is 4.45. The second kappa shape index (κ2) is 8.71. The predicted octanol–water partition coefficient (Wildman–Crippen LogP) is 5.69. The van der Waals surface area contributed by atoms with Crippen molar-refractivity contribution in [1.29, 1.82) is 0 Å². The highest BCUT2D eigenvalue weighted by atomic mass is 19.1. The number of carbonyl (C=O) groups excluding carboxylic acids is 1. The number of furan rings is 1. The Morgan fingerprint density at radius 2 is 1.88 bits per heavy atom. The molecule has 1 N–H and O–H groups in total. The topological polar surface area (TPSA) is 50.4 Å². The summed E-state index contributed by atoms with van der Waals surface area (Å²) in [6.07, 6.45) is 2.03. The molecule has 1 unspecified atom stereocenters. The molecule has 4 aromatic rings. The Morgan fingerprint density at radius 3 is 2.70 bits per heavy atom. The molecule has 0 bridgehead atoms. The number of amides is 1. The van der Waals surface area contributed by atoms with Crippen molar-refractivity contribution in [3.8, 4) is 0 Å². The zero-order valence-electron chi connectivity index (χ0n) is 18.7. The van der Waals surface area contributed by atoms with Crippen molar-refractivity contribution in [3.05, 3.63) is 113 Å². The minimum absolute atomic E-state index is 0.227. The Balaban J connectivity index is 1.36. The fourth-order valence-corrected chi connectivity index (χ4v) is 4.45. The number of fused-ring (bicyclic) bond motifs is 1. The Morgan fingerprint density at radius 1 is 1.03 bits per heavy atom. The molecule has 5 nitrogen and oxygen atoms in total. The number of anilines is 1. The normalized spacial score (nSPS) is 15.9. The first-order valence-corrected chi connectivity index (χ1v) is 11.1. The average Bonchev–Trinajstić information content (AvgIpc) is 3.47. The lowest BCUT2D eigenvalue weighted by molar-refractivity contribution is 0.0989. The van der Waals surface area contributed by atoms with Crippen LogP contribution in [0.4, 0.5) is 10.1 Å². The molecule has 0 radical (unpaired) electrons. The fraction of sp³-hybridized carbons (Fsp3) is 0.222. The highest BCUT2D eigenvalue weighted by Gasteiger charge is 2.31. The van der Waals surface area contributed by atoms with Gasteiger partial charge in [-0.15, -0.1) is 0 Å². The zero-order valence-corrected chi connectivity index (χ0v) is 18.7. The van der Waals surface area contributed by atoms with Gasteiger partial charge in [-0.1, -0.05) is 24.3 Å². The van der Waals surface area contributed by atoms with E-state index in [0.29, 0.717) is 17.9 Å². The summed E-state index contributed by atoms with van der Waals surface area (Å²) in [5.74, 6) is 0.408. The van der Waals surface area contributed by atoms with Crippen molar-refractivity contribution < 1.29 is 13.6 Å². The molecule has 0 fully saturated rings. The van der Waals surface area contributed by atoms with Gasteiger partial charge >= 0.3 is 0 Å². The van der Waals surface area contributed by atoms with Gasteiger partial charge in [0.2, 0.25) is 0 Å². The van der Waals surface area contributed by atoms with Crippen LogP contribution in [0.15, 0.2) is 77.3 Å². The van der Waals surface area contributed by atoms with Crippen molar-refractivity contribution in [3.63, 3.8) is 0 Å². The molecule has 3 heterocycles. The van der Waals surface area contributed by atoms with Gasteiger partial charge in [0.05, 0.1) is 12.6 Å². The third-order valence-corrected chi connectivity index (χ3v) is 6.35. The first-order chi connectivity index (χ1) is 16.0. The summed E-state index contributed by atoms with van der Waals surface area (Å²) in [4.78, 5) is 14.9. The van der Waals surface area contributed by atoms with E-state index >= 15 is 0 Å². The van der Waals surface area contributed by atoms with E-state index in [2.05, 4.69) is 14.8 Å². The summed E-state index contributed by atoms with van der Waals surface area (Å²) in [5.41, 5.74) is 4.70. The summed E-state index contributed by atoms with van der Waals surface area (Å²) < 4.78 is 22.8. The number of hydrogen-bond acceptors (Lipinski definition) is 3. The highest BCUT2D eigenvalue weighted by Crippen LogP contribution is 2.35. The van der Waals surface area contributed by atoms with Crippen LogP contribution in [-0.2, 0) is 13.1 Å². The number of aryl methyl sites for hydroxylation is 2. The number of nitrogens with zero attached hydrogens (tertiary/aromatic N) is 2. The standard InChI is InChI=1S/C27H26FN3O2/c1-18-9-10-20(16-19(18)2)29-27(32)25-12-11-21(33-25)17-31-15-14-30-13-5-8-24(30)26(31)22-6-3-4-7-23(22)28/h3-13,16,26H,14-15,17H2,1-2H3,(H,29,32). The predicted molar refractivity (Wildman–Crippen MR) is 126 cm³/mol. The summed E-state index contributed by atoms with van der Waals surface area (Å²) in [5, 5.41) is 2.90. The molecule has 0 aliphatic carbocycles. The Labute approximate surface area is 192 Å². The van der Waals surface area contributed by atoms with Gasteiger partial charge in [-0.2, -0.15) is 0 Å². The largest absolute Gasteiger partial charge is 0.455 e. The molecule has 0 saturated carbocycles.